The third-order valence-corrected chi connectivity index (χ3v) is 4.43. The number of carbonyl (C=O) groups excluding carboxylic acids is 2. The lowest BCUT2D eigenvalue weighted by molar-refractivity contribution is -0.384. The molecule has 3 aromatic rings. The number of carbonyl (C=O) groups is 2. The van der Waals surface area contributed by atoms with Gasteiger partial charge in [-0.05, 0) is 47.4 Å². The number of non-ortho nitro benzene ring substituents is 1. The summed E-state index contributed by atoms with van der Waals surface area (Å²) in [6.45, 7) is 0. The molecular weight excluding hydrogens is 366 g/mol. The smallest absolute Gasteiger partial charge is 0.353 e. The van der Waals surface area contributed by atoms with E-state index in [1.165, 1.54) is 35.6 Å². The number of ether oxygens (including phenoxy) is 1. The molecule has 0 aliphatic carbocycles. The molecule has 7 heteroatoms. The second-order valence-electron chi connectivity index (χ2n) is 5.44. The number of esters is 1. The van der Waals surface area contributed by atoms with Gasteiger partial charge in [0, 0.05) is 17.7 Å². The van der Waals surface area contributed by atoms with Crippen molar-refractivity contribution in [3.05, 3.63) is 98.2 Å². The van der Waals surface area contributed by atoms with Crippen LogP contribution in [0.3, 0.4) is 0 Å². The normalized spacial score (nSPS) is 10.7. The van der Waals surface area contributed by atoms with E-state index in [-0.39, 0.29) is 11.5 Å². The number of nitro benzene ring substituents is 1. The maximum atomic E-state index is 12.2. The number of benzene rings is 2. The molecule has 27 heavy (non-hydrogen) atoms. The van der Waals surface area contributed by atoms with Crippen LogP contribution in [0.1, 0.15) is 25.6 Å². The lowest BCUT2D eigenvalue weighted by Crippen LogP contribution is -2.06. The molecule has 0 amide bonds. The number of hydrogen-bond acceptors (Lipinski definition) is 6. The molecule has 0 saturated carbocycles. The van der Waals surface area contributed by atoms with E-state index in [1.807, 2.05) is 0 Å². The molecule has 0 radical (unpaired) electrons. The van der Waals surface area contributed by atoms with Crippen LogP contribution >= 0.6 is 11.3 Å². The predicted octanol–water partition coefficient (Wildman–Crippen LogP) is 4.77. The van der Waals surface area contributed by atoms with Crippen molar-refractivity contribution in [2.45, 2.75) is 0 Å². The molecule has 0 atom stereocenters. The molecule has 1 heterocycles. The third-order valence-electron chi connectivity index (χ3n) is 3.58. The Labute approximate surface area is 158 Å². The van der Waals surface area contributed by atoms with E-state index < -0.39 is 10.9 Å². The fourth-order valence-electron chi connectivity index (χ4n) is 2.25. The van der Waals surface area contributed by atoms with Crippen molar-refractivity contribution < 1.29 is 19.2 Å². The van der Waals surface area contributed by atoms with Crippen molar-refractivity contribution in [1.29, 1.82) is 0 Å². The van der Waals surface area contributed by atoms with Crippen molar-refractivity contribution in [1.82, 2.24) is 0 Å². The molecule has 6 nitrogen and oxygen atoms in total. The van der Waals surface area contributed by atoms with Gasteiger partial charge in [0.05, 0.1) is 4.92 Å². The first-order valence-corrected chi connectivity index (χ1v) is 8.73. The zero-order valence-corrected chi connectivity index (χ0v) is 14.7. The van der Waals surface area contributed by atoms with Gasteiger partial charge in [-0.15, -0.1) is 11.3 Å². The first-order valence-electron chi connectivity index (χ1n) is 7.85. The van der Waals surface area contributed by atoms with Crippen LogP contribution in [-0.4, -0.2) is 16.7 Å². The molecule has 0 fully saturated rings. The van der Waals surface area contributed by atoms with Crippen molar-refractivity contribution >= 4 is 34.9 Å². The molecule has 0 aliphatic heterocycles. The molecule has 134 valence electrons. The summed E-state index contributed by atoms with van der Waals surface area (Å²) in [7, 11) is 0. The van der Waals surface area contributed by atoms with Gasteiger partial charge >= 0.3 is 5.97 Å². The Morgan fingerprint density at radius 2 is 1.81 bits per heavy atom. The fourth-order valence-corrected chi connectivity index (χ4v) is 2.85. The molecule has 0 bridgehead atoms. The van der Waals surface area contributed by atoms with Crippen molar-refractivity contribution in [2.24, 2.45) is 0 Å². The zero-order valence-electron chi connectivity index (χ0n) is 13.9. The van der Waals surface area contributed by atoms with Crippen LogP contribution in [0.2, 0.25) is 0 Å². The second kappa shape index (κ2) is 8.20. The molecule has 0 N–H and O–H groups in total. The summed E-state index contributed by atoms with van der Waals surface area (Å²) in [5.74, 6) is -0.375. The van der Waals surface area contributed by atoms with Gasteiger partial charge in [-0.2, -0.15) is 0 Å². The van der Waals surface area contributed by atoms with Crippen LogP contribution in [0.15, 0.2) is 72.1 Å². The molecular formula is C20H13NO5S. The highest BCUT2D eigenvalue weighted by Gasteiger charge is 2.10. The van der Waals surface area contributed by atoms with E-state index in [0.717, 1.165) is 0 Å². The maximum absolute atomic E-state index is 12.2. The van der Waals surface area contributed by atoms with Crippen molar-refractivity contribution in [2.75, 3.05) is 0 Å². The lowest BCUT2D eigenvalue weighted by Gasteiger charge is -2.03. The monoisotopic (exact) mass is 379 g/mol. The highest BCUT2D eigenvalue weighted by atomic mass is 32.1. The maximum Gasteiger partial charge on any atom is 0.353 e. The number of allylic oxidation sites excluding steroid dienone is 1. The second-order valence-corrected chi connectivity index (χ2v) is 6.39. The number of hydrogen-bond donors (Lipinski definition) is 0. The summed E-state index contributed by atoms with van der Waals surface area (Å²) in [6, 6.07) is 15.6. The predicted molar refractivity (Wildman–Crippen MR) is 102 cm³/mol. The summed E-state index contributed by atoms with van der Waals surface area (Å²) in [5, 5.41) is 12.6. The number of rotatable bonds is 6. The van der Waals surface area contributed by atoms with E-state index in [2.05, 4.69) is 0 Å². The van der Waals surface area contributed by atoms with E-state index >= 15 is 0 Å². The Morgan fingerprint density at radius 1 is 1.04 bits per heavy atom. The Kier molecular flexibility index (Phi) is 5.53. The van der Waals surface area contributed by atoms with Crippen LogP contribution in [-0.2, 0) is 0 Å². The van der Waals surface area contributed by atoms with Crippen LogP contribution in [0.5, 0.6) is 5.75 Å². The van der Waals surface area contributed by atoms with Crippen LogP contribution in [0.4, 0.5) is 5.69 Å². The zero-order chi connectivity index (χ0) is 19.2. The van der Waals surface area contributed by atoms with Crippen LogP contribution < -0.4 is 4.74 Å². The van der Waals surface area contributed by atoms with E-state index in [0.29, 0.717) is 21.8 Å². The summed E-state index contributed by atoms with van der Waals surface area (Å²) >= 11 is 1.29. The summed E-state index contributed by atoms with van der Waals surface area (Å²) in [5.41, 5.74) is 0.924. The minimum absolute atomic E-state index is 0.0403. The molecule has 2 aromatic carbocycles. The average Bonchev–Trinajstić information content (AvgIpc) is 3.22. The minimum atomic E-state index is -0.491. The Morgan fingerprint density at radius 3 is 2.48 bits per heavy atom. The summed E-state index contributed by atoms with van der Waals surface area (Å²) in [4.78, 5) is 34.9. The van der Waals surface area contributed by atoms with Gasteiger partial charge in [0.15, 0.2) is 5.78 Å². The van der Waals surface area contributed by atoms with E-state index in [4.69, 9.17) is 4.74 Å². The molecule has 0 spiro atoms. The molecule has 0 aliphatic rings. The molecule has 0 saturated heterocycles. The largest absolute Gasteiger partial charge is 0.422 e. The number of ketones is 1. The number of nitro groups is 1. The van der Waals surface area contributed by atoms with Gasteiger partial charge in [-0.1, -0.05) is 24.3 Å². The van der Waals surface area contributed by atoms with Crippen LogP contribution in [0.25, 0.3) is 6.08 Å². The van der Waals surface area contributed by atoms with Crippen molar-refractivity contribution in [3.8, 4) is 5.75 Å². The standard InChI is InChI=1S/C20H13NO5S/c22-18(11-6-14-3-1-4-16(13-14)21(24)25)15-7-9-17(10-8-15)26-20(23)19-5-2-12-27-19/h1-13H. The topological polar surface area (TPSA) is 86.5 Å². The Balaban J connectivity index is 1.66. The first-order chi connectivity index (χ1) is 13.0. The van der Waals surface area contributed by atoms with E-state index in [1.54, 1.807) is 53.9 Å². The van der Waals surface area contributed by atoms with Gasteiger partial charge in [-0.3, -0.25) is 14.9 Å². The quantitative estimate of drug-likeness (QED) is 0.154. The molecule has 1 aromatic heterocycles. The SMILES string of the molecule is O=C(C=Cc1cccc([N+](=O)[O-])c1)c1ccc(OC(=O)c2cccs2)cc1. The average molecular weight is 379 g/mol. The number of nitrogens with zero attached hydrogens (tertiary/aromatic N) is 1. The van der Waals surface area contributed by atoms with Crippen molar-refractivity contribution in [3.63, 3.8) is 0 Å². The lowest BCUT2D eigenvalue weighted by atomic mass is 10.1. The van der Waals surface area contributed by atoms with Gasteiger partial charge in [0.25, 0.3) is 5.69 Å². The van der Waals surface area contributed by atoms with Gasteiger partial charge in [-0.25, -0.2) is 4.79 Å². The third kappa shape index (κ3) is 4.74. The number of thiophene rings is 1. The highest BCUT2D eigenvalue weighted by molar-refractivity contribution is 7.12. The highest BCUT2D eigenvalue weighted by Crippen LogP contribution is 2.18. The van der Waals surface area contributed by atoms with Gasteiger partial charge in [0.1, 0.15) is 10.6 Å². The van der Waals surface area contributed by atoms with E-state index in [9.17, 15) is 19.7 Å². The van der Waals surface area contributed by atoms with Crippen LogP contribution in [0, 0.1) is 10.1 Å². The Hall–Kier alpha value is -3.58. The molecule has 0 unspecified atom stereocenters. The summed E-state index contributed by atoms with van der Waals surface area (Å²) in [6.07, 6.45) is 2.85. The summed E-state index contributed by atoms with van der Waals surface area (Å²) < 4.78 is 5.24. The first kappa shape index (κ1) is 18.2. The fraction of sp³-hybridized carbons (Fsp3) is 0. The minimum Gasteiger partial charge on any atom is -0.422 e. The van der Waals surface area contributed by atoms with Gasteiger partial charge < -0.3 is 4.74 Å². The Bertz CT molecular complexity index is 1010. The van der Waals surface area contributed by atoms with Gasteiger partial charge in [0.2, 0.25) is 0 Å². The molecule has 3 rings (SSSR count).